The smallest absolute Gasteiger partial charge is 0.244 e. The average Bonchev–Trinajstić information content (AvgIpc) is 2.50. The number of carbonyl (C=O) groups excluding carboxylic acids is 1. The van der Waals surface area contributed by atoms with E-state index in [0.29, 0.717) is 6.42 Å². The summed E-state index contributed by atoms with van der Waals surface area (Å²) in [6.45, 7) is 3.66. The summed E-state index contributed by atoms with van der Waals surface area (Å²) in [5.41, 5.74) is 8.28. The van der Waals surface area contributed by atoms with E-state index in [9.17, 15) is 4.79 Å². The van der Waals surface area contributed by atoms with Crippen LogP contribution in [0.5, 0.6) is 0 Å². The lowest BCUT2D eigenvalue weighted by molar-refractivity contribution is -0.120. The highest BCUT2D eigenvalue weighted by Crippen LogP contribution is 2.20. The van der Waals surface area contributed by atoms with Crippen molar-refractivity contribution in [2.24, 2.45) is 5.73 Å². The molecule has 1 unspecified atom stereocenters. The molecule has 0 spiro atoms. The van der Waals surface area contributed by atoms with Crippen LogP contribution in [-0.2, 0) is 11.2 Å². The van der Waals surface area contributed by atoms with Crippen LogP contribution in [0.4, 0.5) is 5.69 Å². The molecule has 1 atom stereocenters. The first-order chi connectivity index (χ1) is 10.0. The van der Waals surface area contributed by atoms with Crippen LogP contribution in [0.15, 0.2) is 54.6 Å². The molecular weight excluding hydrogens is 260 g/mol. The minimum atomic E-state index is -0.847. The van der Waals surface area contributed by atoms with Crippen molar-refractivity contribution in [2.45, 2.75) is 32.2 Å². The lowest BCUT2D eigenvalue weighted by Crippen LogP contribution is -2.47. The number of nitrogens with one attached hydrogen (secondary N) is 1. The van der Waals surface area contributed by atoms with Gasteiger partial charge in [-0.3, -0.25) is 4.79 Å². The van der Waals surface area contributed by atoms with Gasteiger partial charge in [-0.05, 0) is 37.0 Å². The van der Waals surface area contributed by atoms with Crippen LogP contribution in [0.25, 0.3) is 0 Å². The molecule has 1 amide bonds. The second-order valence-electron chi connectivity index (χ2n) is 5.54. The van der Waals surface area contributed by atoms with Crippen molar-refractivity contribution < 1.29 is 4.79 Å². The molecule has 0 saturated carbocycles. The Bertz CT molecular complexity index is 606. The van der Waals surface area contributed by atoms with Gasteiger partial charge in [-0.15, -0.1) is 0 Å². The average molecular weight is 282 g/mol. The Morgan fingerprint density at radius 2 is 1.71 bits per heavy atom. The Balaban J connectivity index is 2.20. The van der Waals surface area contributed by atoms with E-state index in [-0.39, 0.29) is 5.91 Å². The van der Waals surface area contributed by atoms with Crippen molar-refractivity contribution in [3.63, 3.8) is 0 Å². The lowest BCUT2D eigenvalue weighted by Gasteiger charge is -2.22. The third-order valence-electron chi connectivity index (χ3n) is 3.76. The van der Waals surface area contributed by atoms with Crippen LogP contribution in [0.1, 0.15) is 31.4 Å². The van der Waals surface area contributed by atoms with E-state index in [2.05, 4.69) is 17.4 Å². The number of carbonyl (C=O) groups is 1. The molecule has 3 heteroatoms. The van der Waals surface area contributed by atoms with Gasteiger partial charge in [-0.2, -0.15) is 0 Å². The summed E-state index contributed by atoms with van der Waals surface area (Å²) in [5.74, 6) is -0.148. The van der Waals surface area contributed by atoms with Crippen molar-refractivity contribution in [1.29, 1.82) is 0 Å². The molecule has 0 aliphatic carbocycles. The van der Waals surface area contributed by atoms with Crippen LogP contribution < -0.4 is 11.1 Å². The van der Waals surface area contributed by atoms with Gasteiger partial charge in [0.05, 0.1) is 5.54 Å². The highest BCUT2D eigenvalue weighted by molar-refractivity contribution is 5.98. The highest BCUT2D eigenvalue weighted by Gasteiger charge is 2.26. The van der Waals surface area contributed by atoms with E-state index in [4.69, 9.17) is 5.73 Å². The number of benzene rings is 2. The summed E-state index contributed by atoms with van der Waals surface area (Å²) in [5, 5.41) is 2.96. The summed E-state index contributed by atoms with van der Waals surface area (Å²) < 4.78 is 0. The van der Waals surface area contributed by atoms with Gasteiger partial charge >= 0.3 is 0 Å². The molecule has 2 aromatic rings. The summed E-state index contributed by atoms with van der Waals surface area (Å²) in [6.07, 6.45) is 1.38. The molecule has 0 bridgehead atoms. The first-order valence-corrected chi connectivity index (χ1v) is 7.25. The molecule has 0 aliphatic heterocycles. The Kier molecular flexibility index (Phi) is 4.76. The number of amides is 1. The zero-order chi connectivity index (χ0) is 15.3. The van der Waals surface area contributed by atoms with Crippen molar-refractivity contribution in [3.8, 4) is 0 Å². The Morgan fingerprint density at radius 3 is 2.38 bits per heavy atom. The fourth-order valence-corrected chi connectivity index (χ4v) is 2.04. The van der Waals surface area contributed by atoms with Gasteiger partial charge in [0.15, 0.2) is 0 Å². The van der Waals surface area contributed by atoms with E-state index < -0.39 is 5.54 Å². The molecule has 0 aliphatic rings. The van der Waals surface area contributed by atoms with Gasteiger partial charge < -0.3 is 11.1 Å². The second-order valence-corrected chi connectivity index (χ2v) is 5.54. The third kappa shape index (κ3) is 3.92. The Morgan fingerprint density at radius 1 is 1.10 bits per heavy atom. The monoisotopic (exact) mass is 282 g/mol. The predicted molar refractivity (Wildman–Crippen MR) is 87.2 cm³/mol. The lowest BCUT2D eigenvalue weighted by atomic mass is 9.98. The normalized spacial score (nSPS) is 13.5. The van der Waals surface area contributed by atoms with Crippen LogP contribution in [0.2, 0.25) is 0 Å². The number of para-hydroxylation sites is 1. The summed E-state index contributed by atoms with van der Waals surface area (Å²) in [4.78, 5) is 12.2. The number of hydrogen-bond donors (Lipinski definition) is 2. The number of rotatable bonds is 5. The van der Waals surface area contributed by atoms with E-state index in [1.54, 1.807) is 6.92 Å². The molecule has 0 radical (unpaired) electrons. The van der Waals surface area contributed by atoms with Crippen molar-refractivity contribution in [3.05, 3.63) is 65.7 Å². The molecule has 21 heavy (non-hydrogen) atoms. The molecule has 2 rings (SSSR count). The highest BCUT2D eigenvalue weighted by atomic mass is 16.2. The molecule has 0 saturated heterocycles. The predicted octanol–water partition coefficient (Wildman–Crippen LogP) is 3.34. The number of nitrogens with two attached hydrogens (primary N) is 1. The van der Waals surface area contributed by atoms with Crippen molar-refractivity contribution in [1.82, 2.24) is 0 Å². The zero-order valence-electron chi connectivity index (χ0n) is 12.6. The summed E-state index contributed by atoms with van der Waals surface area (Å²) in [6, 6.07) is 18.0. The van der Waals surface area contributed by atoms with Crippen LogP contribution in [0.3, 0.4) is 0 Å². The van der Waals surface area contributed by atoms with Crippen molar-refractivity contribution >= 4 is 11.6 Å². The molecule has 3 N–H and O–H groups in total. The van der Waals surface area contributed by atoms with Crippen molar-refractivity contribution in [2.75, 3.05) is 5.32 Å². The van der Waals surface area contributed by atoms with E-state index in [0.717, 1.165) is 17.7 Å². The molecule has 0 heterocycles. The number of hydrogen-bond acceptors (Lipinski definition) is 2. The maximum Gasteiger partial charge on any atom is 0.244 e. The first-order valence-electron chi connectivity index (χ1n) is 7.25. The molecule has 0 fully saturated rings. The van der Waals surface area contributed by atoms with E-state index in [1.807, 2.05) is 49.4 Å². The van der Waals surface area contributed by atoms with Crippen LogP contribution >= 0.6 is 0 Å². The quantitative estimate of drug-likeness (QED) is 0.883. The van der Waals surface area contributed by atoms with Crippen LogP contribution in [0, 0.1) is 0 Å². The fraction of sp³-hybridized carbons (Fsp3) is 0.278. The Hall–Kier alpha value is -2.13. The SMILES string of the molecule is CCC(C)(N)C(=O)Nc1ccccc1Cc1ccccc1. The van der Waals surface area contributed by atoms with Crippen LogP contribution in [-0.4, -0.2) is 11.4 Å². The fourth-order valence-electron chi connectivity index (χ4n) is 2.04. The Labute approximate surface area is 126 Å². The van der Waals surface area contributed by atoms with Gasteiger partial charge in [0.2, 0.25) is 5.91 Å². The van der Waals surface area contributed by atoms with E-state index in [1.165, 1.54) is 5.56 Å². The van der Waals surface area contributed by atoms with Gasteiger partial charge in [0.25, 0.3) is 0 Å². The van der Waals surface area contributed by atoms with Gasteiger partial charge in [0.1, 0.15) is 0 Å². The van der Waals surface area contributed by atoms with E-state index >= 15 is 0 Å². The first kappa shape index (κ1) is 15.3. The minimum absolute atomic E-state index is 0.148. The molecule has 0 aromatic heterocycles. The van der Waals surface area contributed by atoms with Gasteiger partial charge in [-0.1, -0.05) is 55.5 Å². The largest absolute Gasteiger partial charge is 0.324 e. The molecular formula is C18H22N2O. The summed E-state index contributed by atoms with van der Waals surface area (Å²) >= 11 is 0. The second kappa shape index (κ2) is 6.55. The summed E-state index contributed by atoms with van der Waals surface area (Å²) in [7, 11) is 0. The maximum atomic E-state index is 12.2. The van der Waals surface area contributed by atoms with Gasteiger partial charge in [-0.25, -0.2) is 0 Å². The third-order valence-corrected chi connectivity index (χ3v) is 3.76. The molecule has 2 aromatic carbocycles. The standard InChI is InChI=1S/C18H22N2O/c1-3-18(2,19)17(21)20-16-12-8-7-11-15(16)13-14-9-5-4-6-10-14/h4-12H,3,13,19H2,1-2H3,(H,20,21). The van der Waals surface area contributed by atoms with Gasteiger partial charge in [0, 0.05) is 5.69 Å². The zero-order valence-corrected chi connectivity index (χ0v) is 12.6. The molecule has 3 nitrogen and oxygen atoms in total. The molecule has 110 valence electrons. The maximum absolute atomic E-state index is 12.2. The minimum Gasteiger partial charge on any atom is -0.324 e. The topological polar surface area (TPSA) is 55.1 Å². The number of anilines is 1.